The smallest absolute Gasteiger partial charge is 0.179 e. The third-order valence-corrected chi connectivity index (χ3v) is 6.84. The van der Waals surface area contributed by atoms with Crippen molar-refractivity contribution in [2.24, 2.45) is 0 Å². The molecule has 0 saturated carbocycles. The van der Waals surface area contributed by atoms with Gasteiger partial charge in [0.25, 0.3) is 0 Å². The highest BCUT2D eigenvalue weighted by Gasteiger charge is 2.31. The van der Waals surface area contributed by atoms with Crippen molar-refractivity contribution in [2.45, 2.75) is 38.8 Å². The molecule has 7 nitrogen and oxygen atoms in total. The Bertz CT molecular complexity index is 1180. The van der Waals surface area contributed by atoms with Gasteiger partial charge in [0, 0.05) is 55.1 Å². The van der Waals surface area contributed by atoms with Crippen molar-refractivity contribution in [3.05, 3.63) is 52.8 Å². The molecule has 0 aromatic carbocycles. The molecule has 1 N–H and O–H groups in total. The number of aromatic amines is 1. The molecule has 1 aliphatic heterocycles. The number of halogens is 1. The number of thiophene rings is 1. The van der Waals surface area contributed by atoms with Crippen LogP contribution in [0.15, 0.2) is 30.5 Å². The van der Waals surface area contributed by atoms with Gasteiger partial charge >= 0.3 is 0 Å². The number of aldehydes is 1. The summed E-state index contributed by atoms with van der Waals surface area (Å²) in [6.07, 6.45) is 5.11. The molecule has 3 aromatic heterocycles. The van der Waals surface area contributed by atoms with Crippen molar-refractivity contribution in [3.63, 3.8) is 0 Å². The number of nitriles is 1. The molecular formula is C23H25FN6OS. The molecule has 0 spiro atoms. The van der Waals surface area contributed by atoms with E-state index < -0.39 is 0 Å². The lowest BCUT2D eigenvalue weighted by molar-refractivity contribution is -0.104. The van der Waals surface area contributed by atoms with Gasteiger partial charge in [0.2, 0.25) is 0 Å². The molecule has 0 amide bonds. The number of pyridine rings is 1. The second kappa shape index (κ2) is 9.59. The van der Waals surface area contributed by atoms with Crippen LogP contribution in [0.1, 0.15) is 43.5 Å². The maximum atomic E-state index is 13.6. The number of nitrogens with one attached hydrogen (secondary N) is 1. The van der Waals surface area contributed by atoms with Gasteiger partial charge in [-0.2, -0.15) is 9.65 Å². The van der Waals surface area contributed by atoms with E-state index in [1.54, 1.807) is 6.20 Å². The summed E-state index contributed by atoms with van der Waals surface area (Å²) in [5, 5.41) is 9.54. The Kier molecular flexibility index (Phi) is 6.63. The summed E-state index contributed by atoms with van der Waals surface area (Å²) in [5.74, 6) is 0.606. The number of nitrogens with zero attached hydrogens (tertiary/aromatic N) is 5. The fourth-order valence-corrected chi connectivity index (χ4v) is 5.02. The van der Waals surface area contributed by atoms with Gasteiger partial charge in [0.05, 0.1) is 23.9 Å². The Morgan fingerprint density at radius 3 is 3.06 bits per heavy atom. The number of aromatic nitrogens is 3. The number of carbonyl (C=O) groups excluding carboxylic acids is 1. The zero-order valence-electron chi connectivity index (χ0n) is 18.1. The van der Waals surface area contributed by atoms with Gasteiger partial charge in [-0.1, -0.05) is 18.3 Å². The molecule has 0 bridgehead atoms. The normalized spacial score (nSPS) is 18.6. The maximum Gasteiger partial charge on any atom is 0.179 e. The van der Waals surface area contributed by atoms with Crippen molar-refractivity contribution in [1.82, 2.24) is 24.8 Å². The lowest BCUT2D eigenvalue weighted by Crippen LogP contribution is -2.52. The first-order valence-corrected chi connectivity index (χ1v) is 11.5. The average molecular weight is 453 g/mol. The van der Waals surface area contributed by atoms with Crippen LogP contribution in [0.5, 0.6) is 0 Å². The number of H-pyrrole nitrogens is 1. The SMILES string of the molecule is CCC1CN(C(C)c2ccc3cc(F)sc3n2)CCN1/C(=C/C=O)c1ncc(CC#N)[nH]1. The predicted molar refractivity (Wildman–Crippen MR) is 122 cm³/mol. The van der Waals surface area contributed by atoms with Crippen molar-refractivity contribution in [3.8, 4) is 6.07 Å². The Hall–Kier alpha value is -3.09. The Labute approximate surface area is 190 Å². The van der Waals surface area contributed by atoms with Crippen LogP contribution in [0.4, 0.5) is 4.39 Å². The minimum absolute atomic E-state index is 0.0881. The number of fused-ring (bicyclic) bond motifs is 1. The van der Waals surface area contributed by atoms with Crippen LogP contribution in [0.2, 0.25) is 0 Å². The van der Waals surface area contributed by atoms with E-state index in [0.717, 1.165) is 71.0 Å². The third-order valence-electron chi connectivity index (χ3n) is 6.01. The zero-order chi connectivity index (χ0) is 22.7. The molecule has 2 unspecified atom stereocenters. The van der Waals surface area contributed by atoms with Crippen molar-refractivity contribution < 1.29 is 9.18 Å². The van der Waals surface area contributed by atoms with Crippen molar-refractivity contribution >= 4 is 33.5 Å². The number of imidazole rings is 1. The quantitative estimate of drug-likeness (QED) is 0.432. The van der Waals surface area contributed by atoms with E-state index in [2.05, 4.69) is 39.7 Å². The second-order valence-electron chi connectivity index (χ2n) is 7.89. The molecule has 0 radical (unpaired) electrons. The van der Waals surface area contributed by atoms with Crippen LogP contribution in [0.3, 0.4) is 0 Å². The summed E-state index contributed by atoms with van der Waals surface area (Å²) >= 11 is 1.07. The van der Waals surface area contributed by atoms with E-state index >= 15 is 0 Å². The molecule has 0 aliphatic carbocycles. The zero-order valence-corrected chi connectivity index (χ0v) is 18.9. The maximum absolute atomic E-state index is 13.6. The number of hydrogen-bond acceptors (Lipinski definition) is 7. The second-order valence-corrected chi connectivity index (χ2v) is 8.87. The highest BCUT2D eigenvalue weighted by molar-refractivity contribution is 7.17. The first-order chi connectivity index (χ1) is 15.5. The summed E-state index contributed by atoms with van der Waals surface area (Å²) in [7, 11) is 0. The average Bonchev–Trinajstić information content (AvgIpc) is 3.41. The largest absolute Gasteiger partial charge is 0.363 e. The molecule has 1 aliphatic rings. The number of piperazine rings is 1. The van der Waals surface area contributed by atoms with E-state index in [0.29, 0.717) is 5.82 Å². The lowest BCUT2D eigenvalue weighted by atomic mass is 10.0. The van der Waals surface area contributed by atoms with E-state index in [1.165, 1.54) is 12.1 Å². The first-order valence-electron chi connectivity index (χ1n) is 10.7. The van der Waals surface area contributed by atoms with Gasteiger partial charge in [-0.05, 0) is 31.5 Å². The number of carbonyl (C=O) groups is 1. The van der Waals surface area contributed by atoms with Gasteiger partial charge in [0.1, 0.15) is 11.1 Å². The summed E-state index contributed by atoms with van der Waals surface area (Å²) in [4.78, 5) is 29.0. The fourth-order valence-electron chi connectivity index (χ4n) is 4.26. The highest BCUT2D eigenvalue weighted by Crippen LogP contribution is 2.30. The topological polar surface area (TPSA) is 88.9 Å². The van der Waals surface area contributed by atoms with Crippen LogP contribution in [0, 0.1) is 16.5 Å². The summed E-state index contributed by atoms with van der Waals surface area (Å²) in [5.41, 5.74) is 2.40. The molecule has 2 atom stereocenters. The number of hydrogen-bond donors (Lipinski definition) is 1. The van der Waals surface area contributed by atoms with Crippen LogP contribution < -0.4 is 0 Å². The lowest BCUT2D eigenvalue weighted by Gasteiger charge is -2.45. The molecular weight excluding hydrogens is 427 g/mol. The van der Waals surface area contributed by atoms with E-state index in [4.69, 9.17) is 10.2 Å². The summed E-state index contributed by atoms with van der Waals surface area (Å²) in [6.45, 7) is 6.58. The van der Waals surface area contributed by atoms with Gasteiger partial charge in [0.15, 0.2) is 11.0 Å². The van der Waals surface area contributed by atoms with Crippen LogP contribution >= 0.6 is 11.3 Å². The van der Waals surface area contributed by atoms with Crippen LogP contribution in [0.25, 0.3) is 15.9 Å². The highest BCUT2D eigenvalue weighted by atomic mass is 32.1. The summed E-state index contributed by atoms with van der Waals surface area (Å²) < 4.78 is 13.6. The molecule has 9 heteroatoms. The fraction of sp³-hybridized carbons (Fsp3) is 0.391. The van der Waals surface area contributed by atoms with Gasteiger partial charge < -0.3 is 9.88 Å². The van der Waals surface area contributed by atoms with Crippen molar-refractivity contribution in [2.75, 3.05) is 19.6 Å². The molecule has 32 heavy (non-hydrogen) atoms. The Balaban J connectivity index is 1.53. The van der Waals surface area contributed by atoms with E-state index in [1.807, 2.05) is 12.1 Å². The number of allylic oxidation sites excluding steroid dienone is 1. The molecule has 4 heterocycles. The predicted octanol–water partition coefficient (Wildman–Crippen LogP) is 3.92. The van der Waals surface area contributed by atoms with Gasteiger partial charge in [-0.3, -0.25) is 9.69 Å². The standard InChI is InChI=1S/C23H25FN6OS/c1-3-18-14-29(15(2)19-5-4-16-12-21(24)32-23(16)28-19)9-10-30(18)20(7-11-31)22-26-13-17(27-22)6-8-25/h4-5,7,11-13,15,18H,3,6,9-10,14H2,1-2H3,(H,26,27)/b20-7+. The molecule has 4 rings (SSSR count). The number of rotatable bonds is 7. The van der Waals surface area contributed by atoms with Gasteiger partial charge in [-0.15, -0.1) is 0 Å². The molecule has 166 valence electrons. The van der Waals surface area contributed by atoms with Crippen LogP contribution in [-0.4, -0.2) is 56.7 Å². The minimum Gasteiger partial charge on any atom is -0.363 e. The van der Waals surface area contributed by atoms with E-state index in [9.17, 15) is 9.18 Å². The van der Waals surface area contributed by atoms with Crippen molar-refractivity contribution in [1.29, 1.82) is 5.26 Å². The molecule has 3 aromatic rings. The molecule has 1 fully saturated rings. The minimum atomic E-state index is -0.220. The molecule has 1 saturated heterocycles. The summed E-state index contributed by atoms with van der Waals surface area (Å²) in [6, 6.07) is 7.81. The van der Waals surface area contributed by atoms with E-state index in [-0.39, 0.29) is 23.6 Å². The first kappa shape index (κ1) is 22.1. The third kappa shape index (κ3) is 4.42. The van der Waals surface area contributed by atoms with Gasteiger partial charge in [-0.25, -0.2) is 9.97 Å². The Morgan fingerprint density at radius 1 is 1.47 bits per heavy atom. The van der Waals surface area contributed by atoms with Crippen LogP contribution in [-0.2, 0) is 11.2 Å². The Morgan fingerprint density at radius 2 is 2.31 bits per heavy atom. The monoisotopic (exact) mass is 452 g/mol.